The minimum Gasteiger partial charge on any atom is -0.493 e. The van der Waals surface area contributed by atoms with Crippen molar-refractivity contribution in [1.82, 2.24) is 23.8 Å². The molecular weight excluding hydrogens is 978 g/mol. The summed E-state index contributed by atoms with van der Waals surface area (Å²) < 4.78 is 20.0. The lowest BCUT2D eigenvalue weighted by Crippen LogP contribution is -2.47. The summed E-state index contributed by atoms with van der Waals surface area (Å²) in [4.78, 5) is 77.0. The lowest BCUT2D eigenvalue weighted by Gasteiger charge is -2.44. The first-order valence-electron chi connectivity index (χ1n) is 26.1. The van der Waals surface area contributed by atoms with Gasteiger partial charge in [-0.25, -0.2) is 4.79 Å². The van der Waals surface area contributed by atoms with Crippen molar-refractivity contribution >= 4 is 35.4 Å². The van der Waals surface area contributed by atoms with Crippen LogP contribution in [-0.2, 0) is 58.7 Å². The molecule has 4 aromatic carbocycles. The molecule has 5 aromatic rings. The number of likely N-dealkylation sites (tertiary alicyclic amines) is 1. The third kappa shape index (κ3) is 12.0. The Morgan fingerprint density at radius 2 is 1.36 bits per heavy atom. The zero-order chi connectivity index (χ0) is 53.1. The molecule has 75 heavy (non-hydrogen) atoms. The zero-order valence-electron chi connectivity index (χ0n) is 43.0. The number of carboxylic acids is 2. The van der Waals surface area contributed by atoms with E-state index in [1.54, 1.807) is 7.05 Å². The standard InChI is InChI=1S/C30H35N3O6.C28H31ClN2O5/c1-19-14-21(4-6-26(19)39-13-11-32-28(34)8-10-31(3)30(32)37)18-33(25-16-24(17-25)29(35)36)20(2)22-5-7-27-23(15-22)9-12-38-27;1-17-12-18(2-7-25(17)36-11-10-30-26(32)8-9-27(30)33)16-31(22-14-20(15-22)28(34)35)24-6-3-19-13-21(29)4-5-23(19)24/h4-8,10,14-15,20,24-25H,9,11-13,16-18H2,1-3H3,(H,35,36);2,4-5,7,12-13,20,22,24H,3,6,8-11,14-16H2,1H3,(H,34,35)/t20?,24-,25+;20-,22+,24?. The number of aryl methyl sites for hydroxylation is 4. The number of fused-ring (bicyclic) bond motifs is 2. The molecule has 10 rings (SSSR count). The van der Waals surface area contributed by atoms with Gasteiger partial charge >= 0.3 is 17.6 Å². The number of aromatic nitrogens is 2. The smallest absolute Gasteiger partial charge is 0.330 e. The van der Waals surface area contributed by atoms with Gasteiger partial charge in [-0.15, -0.1) is 0 Å². The number of benzene rings is 4. The Balaban J connectivity index is 0.000000184. The predicted molar refractivity (Wildman–Crippen MR) is 281 cm³/mol. The molecule has 16 nitrogen and oxygen atoms in total. The van der Waals surface area contributed by atoms with Crippen molar-refractivity contribution in [3.05, 3.63) is 155 Å². The van der Waals surface area contributed by atoms with E-state index < -0.39 is 11.9 Å². The molecule has 0 spiro atoms. The van der Waals surface area contributed by atoms with Gasteiger partial charge in [0, 0.05) is 80.9 Å². The molecular formula is C58H66ClN5O11. The number of carbonyl (C=O) groups excluding carboxylic acids is 2. The molecule has 5 aliphatic rings. The largest absolute Gasteiger partial charge is 0.493 e. The van der Waals surface area contributed by atoms with Crippen molar-refractivity contribution in [3.63, 3.8) is 0 Å². The van der Waals surface area contributed by atoms with E-state index in [1.807, 2.05) is 50.2 Å². The summed E-state index contributed by atoms with van der Waals surface area (Å²) in [5, 5.41) is 19.6. The van der Waals surface area contributed by atoms with Crippen LogP contribution in [0.3, 0.4) is 0 Å². The number of hydrogen-bond acceptors (Lipinski definition) is 11. The summed E-state index contributed by atoms with van der Waals surface area (Å²) in [6, 6.07) is 26.8. The highest BCUT2D eigenvalue weighted by molar-refractivity contribution is 6.30. The fourth-order valence-electron chi connectivity index (χ4n) is 11.3. The second-order valence-electron chi connectivity index (χ2n) is 20.7. The van der Waals surface area contributed by atoms with Crippen LogP contribution in [0.25, 0.3) is 0 Å². The fraction of sp³-hybridized carbons (Fsp3) is 0.448. The second-order valence-corrected chi connectivity index (χ2v) is 21.2. The number of halogens is 1. The quantitative estimate of drug-likeness (QED) is 0.0763. The van der Waals surface area contributed by atoms with Gasteiger partial charge in [0.2, 0.25) is 11.8 Å². The van der Waals surface area contributed by atoms with Gasteiger partial charge in [-0.2, -0.15) is 0 Å². The first-order valence-corrected chi connectivity index (χ1v) is 26.4. The number of hydrogen-bond donors (Lipinski definition) is 2. The van der Waals surface area contributed by atoms with Crippen molar-refractivity contribution in [2.45, 2.75) is 122 Å². The normalized spacial score (nSPS) is 20.9. The van der Waals surface area contributed by atoms with Crippen LogP contribution in [0, 0.1) is 25.7 Å². The van der Waals surface area contributed by atoms with Crippen LogP contribution in [0.1, 0.15) is 108 Å². The molecule has 2 saturated carbocycles. The van der Waals surface area contributed by atoms with Crippen LogP contribution >= 0.6 is 11.6 Å². The maximum Gasteiger partial charge on any atom is 0.330 e. The van der Waals surface area contributed by atoms with E-state index in [0.717, 1.165) is 69.1 Å². The van der Waals surface area contributed by atoms with Crippen molar-refractivity contribution in [1.29, 1.82) is 0 Å². The van der Waals surface area contributed by atoms with E-state index in [2.05, 4.69) is 53.1 Å². The number of amides is 2. The SMILES string of the molecule is Cc1cc(CN(C(C)c2ccc3c(c2)CCO3)[C@H]2C[C@@H](C(=O)O)C2)ccc1OCCn1c(=O)ccn(C)c1=O.Cc1cc(CN(C2CCc3cc(Cl)ccc32)[C@H]2C[C@@H](C(=O)O)C2)ccc1OCCN1C(=O)CCC1=O. The number of aliphatic carboxylic acids is 2. The monoisotopic (exact) mass is 1040 g/mol. The molecule has 3 heterocycles. The highest BCUT2D eigenvalue weighted by Crippen LogP contribution is 2.44. The number of rotatable bonds is 19. The van der Waals surface area contributed by atoms with Crippen LogP contribution in [0.15, 0.2) is 94.6 Å². The lowest BCUT2D eigenvalue weighted by atomic mass is 9.78. The molecule has 17 heteroatoms. The van der Waals surface area contributed by atoms with Crippen molar-refractivity contribution < 1.29 is 43.6 Å². The molecule has 1 aromatic heterocycles. The molecule has 0 radical (unpaired) electrons. The Bertz CT molecular complexity index is 3070. The summed E-state index contributed by atoms with van der Waals surface area (Å²) >= 11 is 6.23. The minimum absolute atomic E-state index is 0.110. The van der Waals surface area contributed by atoms with Crippen molar-refractivity contribution in [2.75, 3.05) is 26.4 Å². The topological polar surface area (TPSA) is 190 Å². The molecule has 3 aliphatic carbocycles. The Kier molecular flexibility index (Phi) is 16.3. The van der Waals surface area contributed by atoms with Gasteiger partial charge < -0.3 is 29.0 Å². The lowest BCUT2D eigenvalue weighted by molar-refractivity contribution is -0.148. The van der Waals surface area contributed by atoms with Crippen molar-refractivity contribution in [3.8, 4) is 17.2 Å². The molecule has 396 valence electrons. The van der Waals surface area contributed by atoms with Crippen molar-refractivity contribution in [2.24, 2.45) is 18.9 Å². The van der Waals surface area contributed by atoms with Gasteiger partial charge in [0.15, 0.2) is 0 Å². The van der Waals surface area contributed by atoms with E-state index in [0.29, 0.717) is 44.6 Å². The first kappa shape index (κ1) is 53.1. The molecule has 2 unspecified atom stereocenters. The molecule has 3 fully saturated rings. The van der Waals surface area contributed by atoms with Crippen LogP contribution < -0.4 is 25.5 Å². The number of ether oxygens (including phenoxy) is 3. The highest BCUT2D eigenvalue weighted by atomic mass is 35.5. The van der Waals surface area contributed by atoms with Crippen LogP contribution in [-0.4, -0.2) is 96.2 Å². The Labute approximate surface area is 441 Å². The maximum absolute atomic E-state index is 12.2. The average Bonchev–Trinajstić information content (AvgIpc) is 4.08. The van der Waals surface area contributed by atoms with Crippen LogP contribution in [0.4, 0.5) is 0 Å². The second kappa shape index (κ2) is 23.0. The predicted octanol–water partition coefficient (Wildman–Crippen LogP) is 7.82. The molecule has 0 bridgehead atoms. The zero-order valence-corrected chi connectivity index (χ0v) is 43.8. The number of carbonyl (C=O) groups is 4. The highest BCUT2D eigenvalue weighted by Gasteiger charge is 2.43. The summed E-state index contributed by atoms with van der Waals surface area (Å²) in [6.45, 7) is 9.17. The van der Waals surface area contributed by atoms with Gasteiger partial charge in [0.05, 0.1) is 31.5 Å². The van der Waals surface area contributed by atoms with Gasteiger partial charge in [-0.05, 0) is 134 Å². The third-order valence-corrected chi connectivity index (χ3v) is 16.1. The summed E-state index contributed by atoms with van der Waals surface area (Å²) in [7, 11) is 1.61. The summed E-state index contributed by atoms with van der Waals surface area (Å²) in [6.07, 6.45) is 7.54. The van der Waals surface area contributed by atoms with E-state index >= 15 is 0 Å². The first-order chi connectivity index (χ1) is 36.0. The summed E-state index contributed by atoms with van der Waals surface area (Å²) in [5.74, 6) is 0.143. The fourth-order valence-corrected chi connectivity index (χ4v) is 11.5. The van der Waals surface area contributed by atoms with Gasteiger partial charge in [-0.1, -0.05) is 54.1 Å². The molecule has 1 saturated heterocycles. The van der Waals surface area contributed by atoms with E-state index in [4.69, 9.17) is 25.8 Å². The van der Waals surface area contributed by atoms with Crippen LogP contribution in [0.2, 0.25) is 5.02 Å². The summed E-state index contributed by atoms with van der Waals surface area (Å²) in [5.41, 5.74) is 8.49. The maximum atomic E-state index is 12.2. The number of imide groups is 1. The third-order valence-electron chi connectivity index (χ3n) is 15.9. The molecule has 2 amide bonds. The van der Waals surface area contributed by atoms with Gasteiger partial charge in [0.25, 0.3) is 5.56 Å². The average molecular weight is 1040 g/mol. The molecule has 2 aliphatic heterocycles. The van der Waals surface area contributed by atoms with E-state index in [1.165, 1.54) is 44.0 Å². The Hall–Kier alpha value is -6.75. The minimum atomic E-state index is -0.721. The number of nitrogens with zero attached hydrogens (tertiary/aromatic N) is 5. The van der Waals surface area contributed by atoms with E-state index in [9.17, 15) is 39.0 Å². The van der Waals surface area contributed by atoms with Gasteiger partial charge in [0.1, 0.15) is 30.5 Å². The van der Waals surface area contributed by atoms with Gasteiger partial charge in [-0.3, -0.25) is 43.2 Å². The Morgan fingerprint density at radius 1 is 0.733 bits per heavy atom. The molecule has 2 atom stereocenters. The van der Waals surface area contributed by atoms with E-state index in [-0.39, 0.29) is 98.2 Å². The van der Waals surface area contributed by atoms with Crippen LogP contribution in [0.5, 0.6) is 17.2 Å². The Morgan fingerprint density at radius 3 is 2.00 bits per heavy atom. The molecule has 2 N–H and O–H groups in total. The number of carboxylic acid groups (broad SMARTS) is 2.